The van der Waals surface area contributed by atoms with E-state index in [1.807, 2.05) is 12.1 Å². The molecule has 0 spiro atoms. The fourth-order valence-corrected chi connectivity index (χ4v) is 3.52. The minimum atomic E-state index is -3.47. The summed E-state index contributed by atoms with van der Waals surface area (Å²) in [5, 5.41) is 3.39. The van der Waals surface area contributed by atoms with E-state index in [9.17, 15) is 13.2 Å². The van der Waals surface area contributed by atoms with E-state index in [0.29, 0.717) is 10.7 Å². The summed E-state index contributed by atoms with van der Waals surface area (Å²) in [5.41, 5.74) is 0.550. The molecule has 0 saturated heterocycles. The van der Waals surface area contributed by atoms with Crippen LogP contribution in [-0.2, 0) is 14.8 Å². The molecular formula is C16H17ClN2O3S2. The van der Waals surface area contributed by atoms with Crippen molar-refractivity contribution < 1.29 is 13.2 Å². The molecule has 2 aromatic rings. The van der Waals surface area contributed by atoms with Crippen LogP contribution in [0.1, 0.15) is 0 Å². The van der Waals surface area contributed by atoms with Crippen molar-refractivity contribution in [3.63, 3.8) is 0 Å². The highest BCUT2D eigenvalue weighted by atomic mass is 35.5. The summed E-state index contributed by atoms with van der Waals surface area (Å²) in [6.45, 7) is 0. The summed E-state index contributed by atoms with van der Waals surface area (Å²) in [4.78, 5) is 13.1. The third-order valence-electron chi connectivity index (χ3n) is 3.10. The fraction of sp³-hybridized carbons (Fsp3) is 0.188. The minimum Gasteiger partial charge on any atom is -0.325 e. The predicted octanol–water partition coefficient (Wildman–Crippen LogP) is 3.32. The molecule has 0 heterocycles. The van der Waals surface area contributed by atoms with Gasteiger partial charge in [-0.15, -0.1) is 11.8 Å². The number of sulfonamides is 1. The molecule has 0 saturated carbocycles. The maximum absolute atomic E-state index is 12.0. The van der Waals surface area contributed by atoms with E-state index in [2.05, 4.69) is 5.32 Å². The lowest BCUT2D eigenvalue weighted by molar-refractivity contribution is -0.113. The fourth-order valence-electron chi connectivity index (χ4n) is 1.80. The third-order valence-corrected chi connectivity index (χ3v) is 6.19. The van der Waals surface area contributed by atoms with Gasteiger partial charge in [-0.1, -0.05) is 11.6 Å². The van der Waals surface area contributed by atoms with Crippen LogP contribution in [0.2, 0.25) is 5.02 Å². The Hall–Kier alpha value is -1.54. The van der Waals surface area contributed by atoms with Crippen molar-refractivity contribution in [2.75, 3.05) is 25.2 Å². The van der Waals surface area contributed by atoms with Gasteiger partial charge in [-0.05, 0) is 48.5 Å². The molecule has 0 unspecified atom stereocenters. The first kappa shape index (κ1) is 18.8. The number of carbonyl (C=O) groups excluding carboxylic acids is 1. The van der Waals surface area contributed by atoms with Gasteiger partial charge in [0.2, 0.25) is 15.9 Å². The Bertz CT molecular complexity index is 804. The second-order valence-electron chi connectivity index (χ2n) is 5.10. The van der Waals surface area contributed by atoms with E-state index >= 15 is 0 Å². The van der Waals surface area contributed by atoms with E-state index in [1.54, 1.807) is 24.3 Å². The quantitative estimate of drug-likeness (QED) is 0.776. The topological polar surface area (TPSA) is 66.5 Å². The number of nitrogens with one attached hydrogen (secondary N) is 1. The van der Waals surface area contributed by atoms with Crippen molar-refractivity contribution in [1.29, 1.82) is 0 Å². The van der Waals surface area contributed by atoms with Crippen LogP contribution in [0.3, 0.4) is 0 Å². The number of hydrogen-bond acceptors (Lipinski definition) is 4. The lowest BCUT2D eigenvalue weighted by Gasteiger charge is -2.12. The first-order valence-corrected chi connectivity index (χ1v) is 9.80. The zero-order valence-electron chi connectivity index (χ0n) is 13.2. The minimum absolute atomic E-state index is 0.168. The standard InChI is InChI=1S/C16H17ClN2O3S2/c1-19(2)24(21,22)15-9-5-13(6-10-15)18-16(20)11-23-14-7-3-12(17)4-8-14/h3-10H,11H2,1-2H3,(H,18,20). The van der Waals surface area contributed by atoms with Crippen molar-refractivity contribution in [3.05, 3.63) is 53.6 Å². The van der Waals surface area contributed by atoms with Gasteiger partial charge in [0.15, 0.2) is 0 Å². The van der Waals surface area contributed by atoms with Gasteiger partial charge < -0.3 is 5.32 Å². The SMILES string of the molecule is CN(C)S(=O)(=O)c1ccc(NC(=O)CSc2ccc(Cl)cc2)cc1. The lowest BCUT2D eigenvalue weighted by atomic mass is 10.3. The second kappa shape index (κ2) is 8.02. The number of nitrogens with zero attached hydrogens (tertiary/aromatic N) is 1. The van der Waals surface area contributed by atoms with E-state index in [1.165, 1.54) is 38.0 Å². The Morgan fingerprint density at radius 2 is 1.67 bits per heavy atom. The Morgan fingerprint density at radius 3 is 2.21 bits per heavy atom. The molecular weight excluding hydrogens is 368 g/mol. The molecule has 1 N–H and O–H groups in total. The Balaban J connectivity index is 1.93. The summed E-state index contributed by atoms with van der Waals surface area (Å²) >= 11 is 7.21. The summed E-state index contributed by atoms with van der Waals surface area (Å²) in [5.74, 6) is 0.0810. The molecule has 5 nitrogen and oxygen atoms in total. The average Bonchev–Trinajstić information content (AvgIpc) is 2.54. The molecule has 0 aliphatic rings. The molecule has 0 atom stereocenters. The van der Waals surface area contributed by atoms with E-state index < -0.39 is 10.0 Å². The van der Waals surface area contributed by atoms with Crippen LogP contribution in [-0.4, -0.2) is 38.5 Å². The molecule has 0 radical (unpaired) electrons. The van der Waals surface area contributed by atoms with Crippen LogP contribution in [0.15, 0.2) is 58.3 Å². The number of hydrogen-bond donors (Lipinski definition) is 1. The van der Waals surface area contributed by atoms with Crippen LogP contribution < -0.4 is 5.32 Å². The first-order valence-electron chi connectivity index (χ1n) is 7.00. The van der Waals surface area contributed by atoms with E-state index in [-0.39, 0.29) is 16.6 Å². The monoisotopic (exact) mass is 384 g/mol. The van der Waals surface area contributed by atoms with Crippen molar-refractivity contribution in [2.24, 2.45) is 0 Å². The molecule has 8 heteroatoms. The highest BCUT2D eigenvalue weighted by Crippen LogP contribution is 2.21. The molecule has 0 bridgehead atoms. The normalized spacial score (nSPS) is 11.5. The number of anilines is 1. The number of carbonyl (C=O) groups is 1. The molecule has 1 amide bonds. The zero-order valence-corrected chi connectivity index (χ0v) is 15.6. The van der Waals surface area contributed by atoms with Gasteiger partial charge in [-0.25, -0.2) is 12.7 Å². The van der Waals surface area contributed by atoms with Crippen LogP contribution in [0.25, 0.3) is 0 Å². The number of halogens is 1. The molecule has 0 aromatic heterocycles. The van der Waals surface area contributed by atoms with E-state index in [0.717, 1.165) is 9.20 Å². The molecule has 0 aliphatic carbocycles. The maximum Gasteiger partial charge on any atom is 0.242 e. The molecule has 24 heavy (non-hydrogen) atoms. The lowest BCUT2D eigenvalue weighted by Crippen LogP contribution is -2.22. The van der Waals surface area contributed by atoms with Crippen molar-refractivity contribution in [1.82, 2.24) is 4.31 Å². The van der Waals surface area contributed by atoms with Crippen LogP contribution in [0.5, 0.6) is 0 Å². The van der Waals surface area contributed by atoms with Gasteiger partial charge in [-0.3, -0.25) is 4.79 Å². The Kier molecular flexibility index (Phi) is 6.28. The highest BCUT2D eigenvalue weighted by Gasteiger charge is 2.16. The summed E-state index contributed by atoms with van der Waals surface area (Å²) in [7, 11) is -0.524. The second-order valence-corrected chi connectivity index (χ2v) is 8.74. The van der Waals surface area contributed by atoms with Crippen molar-refractivity contribution >= 4 is 45.0 Å². The van der Waals surface area contributed by atoms with Gasteiger partial charge in [0.25, 0.3) is 0 Å². The molecule has 0 aliphatic heterocycles. The van der Waals surface area contributed by atoms with Crippen LogP contribution in [0, 0.1) is 0 Å². The third kappa shape index (κ3) is 4.98. The summed E-state index contributed by atoms with van der Waals surface area (Å²) < 4.78 is 25.1. The number of amides is 1. The van der Waals surface area contributed by atoms with Gasteiger partial charge >= 0.3 is 0 Å². The largest absolute Gasteiger partial charge is 0.325 e. The van der Waals surface area contributed by atoms with E-state index in [4.69, 9.17) is 11.6 Å². The number of rotatable bonds is 6. The summed E-state index contributed by atoms with van der Waals surface area (Å²) in [6, 6.07) is 13.3. The molecule has 128 valence electrons. The molecule has 0 fully saturated rings. The highest BCUT2D eigenvalue weighted by molar-refractivity contribution is 8.00. The zero-order chi connectivity index (χ0) is 17.7. The Morgan fingerprint density at radius 1 is 1.08 bits per heavy atom. The van der Waals surface area contributed by atoms with Gasteiger partial charge in [0.1, 0.15) is 0 Å². The Labute approximate surface area is 151 Å². The number of thioether (sulfide) groups is 1. The molecule has 2 aromatic carbocycles. The maximum atomic E-state index is 12.0. The van der Waals surface area contributed by atoms with Gasteiger partial charge in [-0.2, -0.15) is 0 Å². The van der Waals surface area contributed by atoms with Crippen LogP contribution in [0.4, 0.5) is 5.69 Å². The predicted molar refractivity (Wildman–Crippen MR) is 98.1 cm³/mol. The first-order chi connectivity index (χ1) is 11.3. The van der Waals surface area contributed by atoms with Gasteiger partial charge in [0.05, 0.1) is 10.6 Å². The van der Waals surface area contributed by atoms with Crippen molar-refractivity contribution in [3.8, 4) is 0 Å². The average molecular weight is 385 g/mol. The number of benzene rings is 2. The van der Waals surface area contributed by atoms with Gasteiger partial charge in [0, 0.05) is 29.7 Å². The summed E-state index contributed by atoms with van der Waals surface area (Å²) in [6.07, 6.45) is 0. The molecule has 2 rings (SSSR count). The van der Waals surface area contributed by atoms with Crippen LogP contribution >= 0.6 is 23.4 Å². The smallest absolute Gasteiger partial charge is 0.242 e. The van der Waals surface area contributed by atoms with Crippen molar-refractivity contribution in [2.45, 2.75) is 9.79 Å².